The second-order valence-corrected chi connectivity index (χ2v) is 6.60. The van der Waals surface area contributed by atoms with Gasteiger partial charge in [0.1, 0.15) is 6.10 Å². The highest BCUT2D eigenvalue weighted by Crippen LogP contribution is 2.44. The summed E-state index contributed by atoms with van der Waals surface area (Å²) in [5.74, 6) is 0.503. The van der Waals surface area contributed by atoms with Crippen LogP contribution in [0, 0.1) is 0 Å². The second-order valence-electron chi connectivity index (χ2n) is 6.60. The third-order valence-corrected chi connectivity index (χ3v) is 4.70. The fraction of sp³-hybridized carbons (Fsp3) is 0.364. The van der Waals surface area contributed by atoms with Crippen LogP contribution in [0.3, 0.4) is 0 Å². The van der Waals surface area contributed by atoms with Gasteiger partial charge in [0.25, 0.3) is 0 Å². The first-order valence-corrected chi connectivity index (χ1v) is 8.68. The monoisotopic (exact) mass is 306 g/mol. The topological polar surface area (TPSA) is 12.5 Å². The van der Waals surface area contributed by atoms with Gasteiger partial charge in [0, 0.05) is 0 Å². The zero-order valence-corrected chi connectivity index (χ0v) is 14.2. The molecule has 1 nitrogen and oxygen atoms in total. The molecule has 23 heavy (non-hydrogen) atoms. The van der Waals surface area contributed by atoms with Gasteiger partial charge in [-0.05, 0) is 41.0 Å². The Balaban J connectivity index is 1.62. The number of ether oxygens (including phenoxy) is 1. The summed E-state index contributed by atoms with van der Waals surface area (Å²) >= 11 is 0. The van der Waals surface area contributed by atoms with Crippen molar-refractivity contribution in [3.8, 4) is 0 Å². The predicted octanol–water partition coefficient (Wildman–Crippen LogP) is 5.92. The highest BCUT2D eigenvalue weighted by Gasteiger charge is 2.40. The zero-order chi connectivity index (χ0) is 16.2. The summed E-state index contributed by atoms with van der Waals surface area (Å²) < 4.78 is 5.96. The summed E-state index contributed by atoms with van der Waals surface area (Å²) in [6, 6.07) is 17.5. The number of aryl methyl sites for hydroxylation is 1. The van der Waals surface area contributed by atoms with E-state index in [4.69, 9.17) is 4.74 Å². The quantitative estimate of drug-likeness (QED) is 0.579. The van der Waals surface area contributed by atoms with Crippen molar-refractivity contribution < 1.29 is 4.74 Å². The smallest absolute Gasteiger partial charge is 0.109 e. The van der Waals surface area contributed by atoms with Crippen molar-refractivity contribution in [1.29, 1.82) is 0 Å². The number of benzene rings is 2. The van der Waals surface area contributed by atoms with E-state index >= 15 is 0 Å². The normalized spacial score (nSPS) is 21.0. The third kappa shape index (κ3) is 3.92. The van der Waals surface area contributed by atoms with Gasteiger partial charge in [-0.2, -0.15) is 0 Å². The van der Waals surface area contributed by atoms with Crippen LogP contribution in [-0.4, -0.2) is 6.10 Å². The van der Waals surface area contributed by atoms with E-state index in [0.29, 0.717) is 12.0 Å². The van der Waals surface area contributed by atoms with E-state index in [-0.39, 0.29) is 6.10 Å². The van der Waals surface area contributed by atoms with Gasteiger partial charge < -0.3 is 4.74 Å². The molecule has 2 aromatic carbocycles. The summed E-state index contributed by atoms with van der Waals surface area (Å²) in [6.45, 7) is 8.37. The van der Waals surface area contributed by atoms with Gasteiger partial charge in [0.2, 0.25) is 0 Å². The minimum atomic E-state index is 0.289. The standard InChI is InChI=1S/C22H26O/c1-4-8-18-10-7-12-20(15-18)22-21(23-22)13-16(3)19-11-6-9-17(5-2)14-19/h5-7,9-12,14-16,21-22H,2,4,8,13H2,1,3H3/t16-,21?,22?/m1/s1. The van der Waals surface area contributed by atoms with E-state index in [1.165, 1.54) is 28.7 Å². The van der Waals surface area contributed by atoms with Crippen LogP contribution >= 0.6 is 0 Å². The molecule has 0 saturated carbocycles. The average molecular weight is 306 g/mol. The van der Waals surface area contributed by atoms with Crippen molar-refractivity contribution >= 4 is 6.08 Å². The lowest BCUT2D eigenvalue weighted by Gasteiger charge is -2.11. The number of hydrogen-bond acceptors (Lipinski definition) is 1. The Hall–Kier alpha value is -1.86. The minimum absolute atomic E-state index is 0.289. The molecule has 1 fully saturated rings. The molecule has 2 unspecified atom stereocenters. The lowest BCUT2D eigenvalue weighted by Crippen LogP contribution is -2.00. The molecule has 1 heteroatoms. The number of epoxide rings is 1. The van der Waals surface area contributed by atoms with Crippen molar-refractivity contribution in [3.63, 3.8) is 0 Å². The maximum absolute atomic E-state index is 5.96. The molecule has 3 rings (SSSR count). The van der Waals surface area contributed by atoms with Gasteiger partial charge in [-0.15, -0.1) is 0 Å². The van der Waals surface area contributed by atoms with Crippen molar-refractivity contribution in [3.05, 3.63) is 77.4 Å². The molecule has 2 aromatic rings. The van der Waals surface area contributed by atoms with E-state index in [0.717, 1.165) is 12.8 Å². The summed E-state index contributed by atoms with van der Waals surface area (Å²) in [4.78, 5) is 0. The molecule has 0 aliphatic carbocycles. The lowest BCUT2D eigenvalue weighted by molar-refractivity contribution is 0.358. The molecule has 0 spiro atoms. The van der Waals surface area contributed by atoms with Crippen LogP contribution in [0.1, 0.15) is 61.0 Å². The van der Waals surface area contributed by atoms with Crippen LogP contribution in [0.2, 0.25) is 0 Å². The maximum atomic E-state index is 5.96. The van der Waals surface area contributed by atoms with Gasteiger partial charge in [-0.1, -0.05) is 81.5 Å². The predicted molar refractivity (Wildman–Crippen MR) is 97.6 cm³/mol. The van der Waals surface area contributed by atoms with Crippen molar-refractivity contribution in [2.75, 3.05) is 0 Å². The molecule has 1 aliphatic heterocycles. The fourth-order valence-electron chi connectivity index (χ4n) is 3.31. The Morgan fingerprint density at radius 1 is 1.17 bits per heavy atom. The van der Waals surface area contributed by atoms with Gasteiger partial charge >= 0.3 is 0 Å². The van der Waals surface area contributed by atoms with Crippen LogP contribution in [0.25, 0.3) is 6.08 Å². The summed E-state index contributed by atoms with van der Waals surface area (Å²) in [5.41, 5.74) is 5.32. The molecular formula is C22H26O. The molecule has 1 saturated heterocycles. The Bertz CT molecular complexity index is 673. The molecule has 0 amide bonds. The van der Waals surface area contributed by atoms with E-state index in [1.807, 2.05) is 6.08 Å². The van der Waals surface area contributed by atoms with Crippen LogP contribution in [-0.2, 0) is 11.2 Å². The Labute approximate surface area is 140 Å². The van der Waals surface area contributed by atoms with Gasteiger partial charge in [-0.3, -0.25) is 0 Å². The Morgan fingerprint density at radius 2 is 2.00 bits per heavy atom. The highest BCUT2D eigenvalue weighted by atomic mass is 16.6. The molecule has 0 aromatic heterocycles. The van der Waals surface area contributed by atoms with Gasteiger partial charge in [0.15, 0.2) is 0 Å². The first-order chi connectivity index (χ1) is 11.2. The largest absolute Gasteiger partial charge is 0.364 e. The van der Waals surface area contributed by atoms with Crippen LogP contribution in [0.5, 0.6) is 0 Å². The van der Waals surface area contributed by atoms with E-state index in [9.17, 15) is 0 Å². The van der Waals surface area contributed by atoms with E-state index < -0.39 is 0 Å². The number of hydrogen-bond donors (Lipinski definition) is 0. The lowest BCUT2D eigenvalue weighted by atomic mass is 9.93. The van der Waals surface area contributed by atoms with E-state index in [1.54, 1.807) is 0 Å². The summed E-state index contributed by atoms with van der Waals surface area (Å²) in [6.07, 6.45) is 5.96. The number of rotatable bonds is 7. The zero-order valence-electron chi connectivity index (χ0n) is 14.2. The summed E-state index contributed by atoms with van der Waals surface area (Å²) in [7, 11) is 0. The SMILES string of the molecule is C=Cc1cccc([C@H](C)CC2OC2c2cccc(CCC)c2)c1. The third-order valence-electron chi connectivity index (χ3n) is 4.70. The molecule has 1 aliphatic rings. The molecular weight excluding hydrogens is 280 g/mol. The van der Waals surface area contributed by atoms with Crippen LogP contribution in [0.15, 0.2) is 55.1 Å². The fourth-order valence-corrected chi connectivity index (χ4v) is 3.31. The second kappa shape index (κ2) is 7.14. The summed E-state index contributed by atoms with van der Waals surface area (Å²) in [5, 5.41) is 0. The van der Waals surface area contributed by atoms with Crippen molar-refractivity contribution in [2.24, 2.45) is 0 Å². The molecule has 120 valence electrons. The van der Waals surface area contributed by atoms with Crippen LogP contribution in [0.4, 0.5) is 0 Å². The molecule has 0 N–H and O–H groups in total. The highest BCUT2D eigenvalue weighted by molar-refractivity contribution is 5.48. The minimum Gasteiger partial charge on any atom is -0.364 e. The van der Waals surface area contributed by atoms with Crippen molar-refractivity contribution in [1.82, 2.24) is 0 Å². The molecule has 0 bridgehead atoms. The van der Waals surface area contributed by atoms with Gasteiger partial charge in [0.05, 0.1) is 6.10 Å². The maximum Gasteiger partial charge on any atom is 0.109 e. The molecule has 3 atom stereocenters. The molecule has 1 heterocycles. The van der Waals surface area contributed by atoms with E-state index in [2.05, 4.69) is 69.0 Å². The van der Waals surface area contributed by atoms with Gasteiger partial charge in [-0.25, -0.2) is 0 Å². The first kappa shape index (κ1) is 16.0. The Morgan fingerprint density at radius 3 is 2.78 bits per heavy atom. The van der Waals surface area contributed by atoms with Crippen LogP contribution < -0.4 is 0 Å². The average Bonchev–Trinajstić information content (AvgIpc) is 3.34. The van der Waals surface area contributed by atoms with Crippen molar-refractivity contribution in [2.45, 2.75) is 51.2 Å². The Kier molecular flexibility index (Phi) is 4.97. The molecule has 0 radical (unpaired) electrons. The first-order valence-electron chi connectivity index (χ1n) is 8.68.